The second-order valence-electron chi connectivity index (χ2n) is 7.06. The zero-order valence-corrected chi connectivity index (χ0v) is 15.8. The summed E-state index contributed by atoms with van der Waals surface area (Å²) in [5.74, 6) is 0.0949. The summed E-state index contributed by atoms with van der Waals surface area (Å²) in [6.07, 6.45) is 2.28. The van der Waals surface area contributed by atoms with Crippen LogP contribution in [0.2, 0.25) is 0 Å². The largest absolute Gasteiger partial charge is 0.383 e. The Morgan fingerprint density at radius 3 is 2.78 bits per heavy atom. The van der Waals surface area contributed by atoms with Crippen molar-refractivity contribution in [3.8, 4) is 11.1 Å². The molecule has 0 aliphatic carbocycles. The van der Waals surface area contributed by atoms with E-state index in [9.17, 15) is 9.18 Å². The topological polar surface area (TPSA) is 41.6 Å². The van der Waals surface area contributed by atoms with Gasteiger partial charge in [0.2, 0.25) is 0 Å². The second kappa shape index (κ2) is 9.62. The number of carbonyl (C=O) groups excluding carboxylic acids is 1. The number of amides is 1. The first kappa shape index (κ1) is 19.5. The van der Waals surface area contributed by atoms with Gasteiger partial charge in [-0.15, -0.1) is 0 Å². The van der Waals surface area contributed by atoms with Crippen molar-refractivity contribution in [2.45, 2.75) is 12.8 Å². The first-order valence-electron chi connectivity index (χ1n) is 9.52. The van der Waals surface area contributed by atoms with E-state index in [1.54, 1.807) is 19.2 Å². The summed E-state index contributed by atoms with van der Waals surface area (Å²) in [4.78, 5) is 15.2. The number of methoxy groups -OCH3 is 1. The lowest BCUT2D eigenvalue weighted by molar-refractivity contribution is 0.0913. The number of carbonyl (C=O) groups is 1. The molecule has 1 saturated heterocycles. The van der Waals surface area contributed by atoms with Crippen LogP contribution in [-0.2, 0) is 4.74 Å². The van der Waals surface area contributed by atoms with E-state index in [0.717, 1.165) is 50.2 Å². The van der Waals surface area contributed by atoms with Crippen LogP contribution >= 0.6 is 0 Å². The average molecular weight is 370 g/mol. The van der Waals surface area contributed by atoms with Crippen molar-refractivity contribution in [3.63, 3.8) is 0 Å². The number of rotatable bonds is 7. The standard InChI is InChI=1S/C22H27FN2O2/c1-27-14-13-25-12-4-5-17(16-25)15-24-22(26)21-7-3-2-6-20(21)18-8-10-19(23)11-9-18/h2-3,6-11,17H,4-5,12-16H2,1H3,(H,24,26)/t17-/m0/s1. The minimum absolute atomic E-state index is 0.0797. The van der Waals surface area contributed by atoms with Crippen LogP contribution in [0.1, 0.15) is 23.2 Å². The van der Waals surface area contributed by atoms with Crippen LogP contribution in [0.25, 0.3) is 11.1 Å². The van der Waals surface area contributed by atoms with E-state index in [1.807, 2.05) is 24.3 Å². The molecule has 0 saturated carbocycles. The molecule has 1 amide bonds. The van der Waals surface area contributed by atoms with Crippen LogP contribution in [0, 0.1) is 11.7 Å². The Hall–Kier alpha value is -2.24. The van der Waals surface area contributed by atoms with Gasteiger partial charge in [0.05, 0.1) is 6.61 Å². The SMILES string of the molecule is COCCN1CCC[C@@H](CNC(=O)c2ccccc2-c2ccc(F)cc2)C1. The van der Waals surface area contributed by atoms with E-state index in [-0.39, 0.29) is 11.7 Å². The lowest BCUT2D eigenvalue weighted by atomic mass is 9.97. The second-order valence-corrected chi connectivity index (χ2v) is 7.06. The maximum atomic E-state index is 13.2. The van der Waals surface area contributed by atoms with E-state index in [2.05, 4.69) is 10.2 Å². The molecule has 27 heavy (non-hydrogen) atoms. The van der Waals surface area contributed by atoms with Crippen LogP contribution < -0.4 is 5.32 Å². The van der Waals surface area contributed by atoms with Gasteiger partial charge in [-0.2, -0.15) is 0 Å². The quantitative estimate of drug-likeness (QED) is 0.810. The monoisotopic (exact) mass is 370 g/mol. The Morgan fingerprint density at radius 1 is 1.22 bits per heavy atom. The number of benzene rings is 2. The van der Waals surface area contributed by atoms with Gasteiger partial charge in [0.25, 0.3) is 5.91 Å². The number of nitrogens with zero attached hydrogens (tertiary/aromatic N) is 1. The van der Waals surface area contributed by atoms with Crippen molar-refractivity contribution in [1.29, 1.82) is 0 Å². The third kappa shape index (κ3) is 5.37. The molecule has 1 N–H and O–H groups in total. The summed E-state index contributed by atoms with van der Waals surface area (Å²) >= 11 is 0. The Kier molecular flexibility index (Phi) is 6.96. The summed E-state index contributed by atoms with van der Waals surface area (Å²) in [5, 5.41) is 3.10. The zero-order valence-electron chi connectivity index (χ0n) is 15.8. The van der Waals surface area contributed by atoms with Crippen LogP contribution in [0.3, 0.4) is 0 Å². The minimum Gasteiger partial charge on any atom is -0.383 e. The third-order valence-corrected chi connectivity index (χ3v) is 5.09. The fourth-order valence-electron chi connectivity index (χ4n) is 3.64. The maximum Gasteiger partial charge on any atom is 0.251 e. The van der Waals surface area contributed by atoms with Crippen molar-refractivity contribution in [2.24, 2.45) is 5.92 Å². The molecule has 0 aromatic heterocycles. The molecule has 5 heteroatoms. The average Bonchev–Trinajstić information content (AvgIpc) is 2.71. The van der Waals surface area contributed by atoms with Crippen LogP contribution in [-0.4, -0.2) is 50.7 Å². The summed E-state index contributed by atoms with van der Waals surface area (Å²) in [7, 11) is 1.72. The maximum absolute atomic E-state index is 13.2. The third-order valence-electron chi connectivity index (χ3n) is 5.09. The van der Waals surface area contributed by atoms with Crippen molar-refractivity contribution in [1.82, 2.24) is 10.2 Å². The molecule has 0 unspecified atom stereocenters. The zero-order chi connectivity index (χ0) is 19.1. The van der Waals surface area contributed by atoms with Gasteiger partial charge in [-0.1, -0.05) is 30.3 Å². The lowest BCUT2D eigenvalue weighted by Crippen LogP contribution is -2.42. The molecule has 2 aromatic carbocycles. The molecule has 1 aliphatic rings. The number of ether oxygens (including phenoxy) is 1. The van der Waals surface area contributed by atoms with E-state index in [1.165, 1.54) is 12.1 Å². The summed E-state index contributed by atoms with van der Waals surface area (Å²) in [6.45, 7) is 4.43. The minimum atomic E-state index is -0.281. The molecule has 0 bridgehead atoms. The van der Waals surface area contributed by atoms with E-state index in [0.29, 0.717) is 18.0 Å². The summed E-state index contributed by atoms with van der Waals surface area (Å²) < 4.78 is 18.4. The van der Waals surface area contributed by atoms with Crippen molar-refractivity contribution in [3.05, 3.63) is 59.9 Å². The Balaban J connectivity index is 1.62. The van der Waals surface area contributed by atoms with Gasteiger partial charge in [0, 0.05) is 32.3 Å². The van der Waals surface area contributed by atoms with Gasteiger partial charge in [-0.25, -0.2) is 4.39 Å². The molecular weight excluding hydrogens is 343 g/mol. The van der Waals surface area contributed by atoms with Gasteiger partial charge in [-0.3, -0.25) is 4.79 Å². The van der Waals surface area contributed by atoms with Crippen molar-refractivity contribution < 1.29 is 13.9 Å². The molecule has 3 rings (SSSR count). The normalized spacial score (nSPS) is 17.6. The van der Waals surface area contributed by atoms with Crippen LogP contribution in [0.4, 0.5) is 4.39 Å². The van der Waals surface area contributed by atoms with E-state index >= 15 is 0 Å². The highest BCUT2D eigenvalue weighted by atomic mass is 19.1. The molecule has 4 nitrogen and oxygen atoms in total. The summed E-state index contributed by atoms with van der Waals surface area (Å²) in [5.41, 5.74) is 2.28. The number of hydrogen-bond donors (Lipinski definition) is 1. The molecule has 1 atom stereocenters. The summed E-state index contributed by atoms with van der Waals surface area (Å²) in [6, 6.07) is 13.7. The van der Waals surface area contributed by atoms with Gasteiger partial charge in [0.1, 0.15) is 5.82 Å². The highest BCUT2D eigenvalue weighted by Crippen LogP contribution is 2.24. The molecule has 1 heterocycles. The van der Waals surface area contributed by atoms with E-state index in [4.69, 9.17) is 4.74 Å². The first-order valence-corrected chi connectivity index (χ1v) is 9.52. The number of hydrogen-bond acceptors (Lipinski definition) is 3. The van der Waals surface area contributed by atoms with E-state index < -0.39 is 0 Å². The van der Waals surface area contributed by atoms with Crippen molar-refractivity contribution in [2.75, 3.05) is 39.9 Å². The van der Waals surface area contributed by atoms with Gasteiger partial charge in [0.15, 0.2) is 0 Å². The smallest absolute Gasteiger partial charge is 0.251 e. The molecule has 0 radical (unpaired) electrons. The van der Waals surface area contributed by atoms with Crippen LogP contribution in [0.5, 0.6) is 0 Å². The van der Waals surface area contributed by atoms with Gasteiger partial charge >= 0.3 is 0 Å². The Bertz CT molecular complexity index is 748. The molecule has 144 valence electrons. The fraction of sp³-hybridized carbons (Fsp3) is 0.409. The van der Waals surface area contributed by atoms with Crippen LogP contribution in [0.15, 0.2) is 48.5 Å². The Labute approximate surface area is 160 Å². The van der Waals surface area contributed by atoms with Gasteiger partial charge < -0.3 is 15.0 Å². The predicted octanol–water partition coefficient (Wildman–Crippen LogP) is 3.58. The predicted molar refractivity (Wildman–Crippen MR) is 105 cm³/mol. The Morgan fingerprint density at radius 2 is 2.00 bits per heavy atom. The first-order chi connectivity index (χ1) is 13.2. The highest BCUT2D eigenvalue weighted by Gasteiger charge is 2.21. The highest BCUT2D eigenvalue weighted by molar-refractivity contribution is 6.00. The number of nitrogens with one attached hydrogen (secondary N) is 1. The molecule has 1 fully saturated rings. The van der Waals surface area contributed by atoms with Crippen molar-refractivity contribution >= 4 is 5.91 Å². The molecule has 0 spiro atoms. The number of halogens is 1. The molecule has 1 aliphatic heterocycles. The number of likely N-dealkylation sites (tertiary alicyclic amines) is 1. The fourth-order valence-corrected chi connectivity index (χ4v) is 3.64. The number of piperidine rings is 1. The molecule has 2 aromatic rings. The lowest BCUT2D eigenvalue weighted by Gasteiger charge is -2.32. The molecular formula is C22H27FN2O2. The van der Waals surface area contributed by atoms with Gasteiger partial charge in [-0.05, 0) is 54.6 Å².